The molecule has 0 aliphatic rings. The first kappa shape index (κ1) is 16.2. The highest BCUT2D eigenvalue weighted by molar-refractivity contribution is 9.10. The van der Waals surface area contributed by atoms with E-state index >= 15 is 0 Å². The predicted octanol–water partition coefficient (Wildman–Crippen LogP) is 3.55. The monoisotopic (exact) mass is 400 g/mol. The van der Waals surface area contributed by atoms with Gasteiger partial charge in [-0.25, -0.2) is 13.4 Å². The molecule has 0 bridgehead atoms. The molecule has 0 unspecified atom stereocenters. The van der Waals surface area contributed by atoms with Crippen LogP contribution in [-0.2, 0) is 15.7 Å². The molecule has 0 aliphatic heterocycles. The van der Waals surface area contributed by atoms with Gasteiger partial charge in [-0.3, -0.25) is 4.57 Å². The van der Waals surface area contributed by atoms with E-state index in [1.54, 1.807) is 0 Å². The summed E-state index contributed by atoms with van der Waals surface area (Å²) in [6.45, 7) is -2.90. The van der Waals surface area contributed by atoms with Crippen molar-refractivity contribution >= 4 is 35.7 Å². The Morgan fingerprint density at radius 1 is 1.43 bits per heavy atom. The number of ether oxygens (including phenoxy) is 1. The van der Waals surface area contributed by atoms with Crippen molar-refractivity contribution in [3.63, 3.8) is 0 Å². The van der Waals surface area contributed by atoms with E-state index in [1.807, 2.05) is 0 Å². The minimum absolute atomic E-state index is 0.0472. The third-order valence-corrected chi connectivity index (χ3v) is 4.47. The highest BCUT2D eigenvalue weighted by Gasteiger charge is 2.15. The molecule has 0 saturated heterocycles. The van der Waals surface area contributed by atoms with E-state index in [-0.39, 0.29) is 23.1 Å². The molecule has 0 radical (unpaired) electrons. The second-order valence-electron chi connectivity index (χ2n) is 3.85. The lowest BCUT2D eigenvalue weighted by atomic mass is 10.3. The molecule has 0 aliphatic carbocycles. The Balaban J connectivity index is 2.16. The standard InChI is InChI=1S/C11H8BrClF2N2O3S/c12-8-5-7(21(13,18)19)1-2-9(8)20-6-10-16-3-4-17(10)11(14)15/h1-5,11H,6H2. The summed E-state index contributed by atoms with van der Waals surface area (Å²) in [6, 6.07) is 3.88. The number of halogens is 4. The van der Waals surface area contributed by atoms with Gasteiger partial charge in [-0.2, -0.15) is 8.78 Å². The fourth-order valence-electron chi connectivity index (χ4n) is 1.53. The van der Waals surface area contributed by atoms with E-state index in [0.717, 1.165) is 6.20 Å². The van der Waals surface area contributed by atoms with Crippen molar-refractivity contribution in [3.05, 3.63) is 40.9 Å². The van der Waals surface area contributed by atoms with Crippen molar-refractivity contribution in [2.24, 2.45) is 0 Å². The highest BCUT2D eigenvalue weighted by Crippen LogP contribution is 2.29. The molecule has 114 valence electrons. The summed E-state index contributed by atoms with van der Waals surface area (Å²) in [7, 11) is 1.36. The summed E-state index contributed by atoms with van der Waals surface area (Å²) in [4.78, 5) is 3.67. The summed E-state index contributed by atoms with van der Waals surface area (Å²) in [5.41, 5.74) is 0. The minimum Gasteiger partial charge on any atom is -0.484 e. The van der Waals surface area contributed by atoms with Crippen LogP contribution in [0.5, 0.6) is 5.75 Å². The van der Waals surface area contributed by atoms with E-state index in [4.69, 9.17) is 15.4 Å². The Morgan fingerprint density at radius 3 is 2.71 bits per heavy atom. The summed E-state index contributed by atoms with van der Waals surface area (Å²) in [5, 5.41) is 0. The summed E-state index contributed by atoms with van der Waals surface area (Å²) < 4.78 is 53.9. The van der Waals surface area contributed by atoms with Gasteiger partial charge in [0.2, 0.25) is 0 Å². The zero-order chi connectivity index (χ0) is 15.6. The van der Waals surface area contributed by atoms with Gasteiger partial charge in [0.15, 0.2) is 5.82 Å². The van der Waals surface area contributed by atoms with Crippen LogP contribution in [0.2, 0.25) is 0 Å². The van der Waals surface area contributed by atoms with E-state index in [2.05, 4.69) is 20.9 Å². The van der Waals surface area contributed by atoms with Gasteiger partial charge in [0.1, 0.15) is 12.4 Å². The maximum absolute atomic E-state index is 12.6. The van der Waals surface area contributed by atoms with Crippen LogP contribution < -0.4 is 4.74 Å². The summed E-state index contributed by atoms with van der Waals surface area (Å²) in [5.74, 6) is 0.328. The molecule has 2 aromatic rings. The highest BCUT2D eigenvalue weighted by atomic mass is 79.9. The third kappa shape index (κ3) is 3.92. The largest absolute Gasteiger partial charge is 0.484 e. The molecule has 0 spiro atoms. The molecule has 1 aromatic heterocycles. The van der Waals surface area contributed by atoms with Crippen LogP contribution >= 0.6 is 26.6 Å². The Morgan fingerprint density at radius 2 is 2.14 bits per heavy atom. The zero-order valence-electron chi connectivity index (χ0n) is 10.2. The van der Waals surface area contributed by atoms with Crippen LogP contribution in [0.1, 0.15) is 12.4 Å². The molecule has 10 heteroatoms. The van der Waals surface area contributed by atoms with Crippen molar-refractivity contribution in [2.75, 3.05) is 0 Å². The van der Waals surface area contributed by atoms with Crippen LogP contribution in [0.4, 0.5) is 8.78 Å². The lowest BCUT2D eigenvalue weighted by molar-refractivity contribution is 0.0632. The topological polar surface area (TPSA) is 61.2 Å². The van der Waals surface area contributed by atoms with Crippen LogP contribution in [0.25, 0.3) is 0 Å². The average Bonchev–Trinajstić information content (AvgIpc) is 2.84. The Hall–Kier alpha value is -1.19. The molecule has 21 heavy (non-hydrogen) atoms. The Bertz CT molecular complexity index is 752. The Kier molecular flexibility index (Phi) is 4.84. The molecule has 0 fully saturated rings. The molecular weight excluding hydrogens is 394 g/mol. The maximum Gasteiger partial charge on any atom is 0.320 e. The lowest BCUT2D eigenvalue weighted by Gasteiger charge is -2.10. The van der Waals surface area contributed by atoms with Gasteiger partial charge in [-0.05, 0) is 34.1 Å². The SMILES string of the molecule is O=S(=O)(Cl)c1ccc(OCc2nccn2C(F)F)c(Br)c1. The average molecular weight is 402 g/mol. The van der Waals surface area contributed by atoms with Crippen molar-refractivity contribution < 1.29 is 21.9 Å². The van der Waals surface area contributed by atoms with Gasteiger partial charge >= 0.3 is 6.55 Å². The van der Waals surface area contributed by atoms with E-state index in [1.165, 1.54) is 24.4 Å². The minimum atomic E-state index is -3.85. The first-order valence-electron chi connectivity index (χ1n) is 5.46. The van der Waals surface area contributed by atoms with E-state index in [0.29, 0.717) is 9.04 Å². The number of benzene rings is 1. The van der Waals surface area contributed by atoms with Crippen LogP contribution in [-0.4, -0.2) is 18.0 Å². The number of aromatic nitrogens is 2. The molecule has 0 atom stereocenters. The molecule has 5 nitrogen and oxygen atoms in total. The molecule has 0 saturated carbocycles. The first-order valence-corrected chi connectivity index (χ1v) is 8.56. The van der Waals surface area contributed by atoms with Gasteiger partial charge in [-0.1, -0.05) is 0 Å². The second kappa shape index (κ2) is 6.29. The quantitative estimate of drug-likeness (QED) is 0.719. The molecule has 0 amide bonds. The summed E-state index contributed by atoms with van der Waals surface area (Å²) >= 11 is 3.13. The smallest absolute Gasteiger partial charge is 0.320 e. The van der Waals surface area contributed by atoms with Crippen molar-refractivity contribution in [3.8, 4) is 5.75 Å². The molecule has 2 rings (SSSR count). The van der Waals surface area contributed by atoms with Gasteiger partial charge in [-0.15, -0.1) is 0 Å². The van der Waals surface area contributed by atoms with Crippen LogP contribution in [0.3, 0.4) is 0 Å². The van der Waals surface area contributed by atoms with Crippen LogP contribution in [0.15, 0.2) is 40.0 Å². The van der Waals surface area contributed by atoms with Crippen LogP contribution in [0, 0.1) is 0 Å². The second-order valence-corrected chi connectivity index (χ2v) is 7.27. The van der Waals surface area contributed by atoms with Crippen molar-refractivity contribution in [1.29, 1.82) is 0 Å². The number of hydrogen-bond donors (Lipinski definition) is 0. The number of hydrogen-bond acceptors (Lipinski definition) is 4. The molecule has 1 aromatic carbocycles. The number of imidazole rings is 1. The normalized spacial score (nSPS) is 11.9. The number of nitrogens with zero attached hydrogens (tertiary/aromatic N) is 2. The van der Waals surface area contributed by atoms with Crippen molar-refractivity contribution in [1.82, 2.24) is 9.55 Å². The van der Waals surface area contributed by atoms with Gasteiger partial charge in [0.25, 0.3) is 9.05 Å². The van der Waals surface area contributed by atoms with E-state index < -0.39 is 15.6 Å². The third-order valence-electron chi connectivity index (χ3n) is 2.50. The van der Waals surface area contributed by atoms with Gasteiger partial charge < -0.3 is 4.74 Å². The van der Waals surface area contributed by atoms with Crippen molar-refractivity contribution in [2.45, 2.75) is 18.1 Å². The predicted molar refractivity (Wildman–Crippen MR) is 75.0 cm³/mol. The fourth-order valence-corrected chi connectivity index (χ4v) is 2.95. The first-order chi connectivity index (χ1) is 9.79. The molecular formula is C11H8BrClF2N2O3S. The summed E-state index contributed by atoms with van der Waals surface area (Å²) in [6.07, 6.45) is 2.38. The Labute approximate surface area is 132 Å². The maximum atomic E-state index is 12.6. The number of rotatable bonds is 5. The molecule has 0 N–H and O–H groups in total. The van der Waals surface area contributed by atoms with Gasteiger partial charge in [0, 0.05) is 23.1 Å². The number of alkyl halides is 2. The lowest BCUT2D eigenvalue weighted by Crippen LogP contribution is -2.07. The van der Waals surface area contributed by atoms with Gasteiger partial charge in [0.05, 0.1) is 9.37 Å². The van der Waals surface area contributed by atoms with E-state index in [9.17, 15) is 17.2 Å². The fraction of sp³-hybridized carbons (Fsp3) is 0.182. The molecule has 1 heterocycles. The zero-order valence-corrected chi connectivity index (χ0v) is 13.4.